The van der Waals surface area contributed by atoms with Crippen molar-refractivity contribution in [3.05, 3.63) is 0 Å². The number of halogens is 3. The molecule has 0 aliphatic carbocycles. The summed E-state index contributed by atoms with van der Waals surface area (Å²) in [4.78, 5) is 23.4. The molecule has 0 aromatic heterocycles. The molecule has 1 fully saturated rings. The van der Waals surface area contributed by atoms with Gasteiger partial charge in [-0.1, -0.05) is 0 Å². The summed E-state index contributed by atoms with van der Waals surface area (Å²) in [6.45, 7) is 0.230. The maximum atomic E-state index is 12.0. The maximum absolute atomic E-state index is 12.0. The van der Waals surface area contributed by atoms with Crippen molar-refractivity contribution in [2.45, 2.75) is 44.3 Å². The predicted octanol–water partition coefficient (Wildman–Crippen LogP) is 1.79. The van der Waals surface area contributed by atoms with Crippen molar-refractivity contribution >= 4 is 11.9 Å². The van der Waals surface area contributed by atoms with Crippen molar-refractivity contribution < 1.29 is 27.9 Å². The highest BCUT2D eigenvalue weighted by Crippen LogP contribution is 2.24. The summed E-state index contributed by atoms with van der Waals surface area (Å²) < 4.78 is 35.9. The molecule has 1 unspecified atom stereocenters. The topological polar surface area (TPSA) is 57.6 Å². The van der Waals surface area contributed by atoms with Gasteiger partial charge in [0.15, 0.2) is 0 Å². The van der Waals surface area contributed by atoms with Crippen LogP contribution in [0.4, 0.5) is 13.2 Å². The molecule has 1 heterocycles. The van der Waals surface area contributed by atoms with E-state index in [1.54, 1.807) is 0 Å². The van der Waals surface area contributed by atoms with E-state index in [-0.39, 0.29) is 6.54 Å². The van der Waals surface area contributed by atoms with Crippen molar-refractivity contribution in [2.24, 2.45) is 0 Å². The third-order valence-corrected chi connectivity index (χ3v) is 2.73. The quantitative estimate of drug-likeness (QED) is 0.834. The second-order valence-corrected chi connectivity index (χ2v) is 4.05. The summed E-state index contributed by atoms with van der Waals surface area (Å²) in [5.74, 6) is -1.88. The van der Waals surface area contributed by atoms with Crippen LogP contribution in [0, 0.1) is 0 Å². The molecule has 1 N–H and O–H groups in total. The molecule has 1 amide bonds. The average Bonchev–Trinajstić information content (AvgIpc) is 2.25. The first-order valence-corrected chi connectivity index (χ1v) is 5.40. The highest BCUT2D eigenvalue weighted by Gasteiger charge is 2.34. The van der Waals surface area contributed by atoms with Crippen LogP contribution in [0.3, 0.4) is 0 Å². The van der Waals surface area contributed by atoms with Gasteiger partial charge in [-0.05, 0) is 19.3 Å². The number of rotatable bonds is 3. The van der Waals surface area contributed by atoms with Gasteiger partial charge in [0.05, 0.1) is 6.42 Å². The number of hydrogen-bond acceptors (Lipinski definition) is 2. The van der Waals surface area contributed by atoms with E-state index >= 15 is 0 Å². The van der Waals surface area contributed by atoms with E-state index in [4.69, 9.17) is 5.11 Å². The number of likely N-dealkylation sites (tertiary alicyclic amines) is 1. The van der Waals surface area contributed by atoms with Gasteiger partial charge in [0.25, 0.3) is 0 Å². The summed E-state index contributed by atoms with van der Waals surface area (Å²) in [6.07, 6.45) is -4.62. The van der Waals surface area contributed by atoms with E-state index in [0.717, 1.165) is 4.90 Å². The molecule has 0 radical (unpaired) electrons. The van der Waals surface area contributed by atoms with Gasteiger partial charge in [0, 0.05) is 13.0 Å². The Balaban J connectivity index is 2.56. The fraction of sp³-hybridized carbons (Fsp3) is 0.800. The molecule has 0 saturated carbocycles. The standard InChI is InChI=1S/C10H14F3NO3/c11-10(12,13)5-4-8(15)14-6-2-1-3-7(14)9(16)17/h7H,1-6H2,(H,16,17). The van der Waals surface area contributed by atoms with Gasteiger partial charge in [-0.3, -0.25) is 4.79 Å². The zero-order valence-electron chi connectivity index (χ0n) is 9.16. The Morgan fingerprint density at radius 2 is 1.94 bits per heavy atom. The first kappa shape index (κ1) is 13.8. The lowest BCUT2D eigenvalue weighted by atomic mass is 10.0. The minimum atomic E-state index is -4.38. The second kappa shape index (κ2) is 5.37. The molecule has 0 spiro atoms. The van der Waals surface area contributed by atoms with Crippen molar-refractivity contribution in [3.63, 3.8) is 0 Å². The van der Waals surface area contributed by atoms with E-state index in [0.29, 0.717) is 19.3 Å². The third-order valence-electron chi connectivity index (χ3n) is 2.73. The lowest BCUT2D eigenvalue weighted by Crippen LogP contribution is -2.48. The molecular weight excluding hydrogens is 239 g/mol. The van der Waals surface area contributed by atoms with Crippen LogP contribution in [0.15, 0.2) is 0 Å². The number of carboxylic acid groups (broad SMARTS) is 1. The summed E-state index contributed by atoms with van der Waals surface area (Å²) in [6, 6.07) is -0.968. The number of alkyl halides is 3. The molecule has 0 aromatic carbocycles. The van der Waals surface area contributed by atoms with Crippen molar-refractivity contribution in [2.75, 3.05) is 6.54 Å². The van der Waals surface area contributed by atoms with E-state index < -0.39 is 36.9 Å². The smallest absolute Gasteiger partial charge is 0.389 e. The maximum Gasteiger partial charge on any atom is 0.389 e. The first-order valence-electron chi connectivity index (χ1n) is 5.40. The third kappa shape index (κ3) is 4.24. The molecule has 1 rings (SSSR count). The number of carboxylic acids is 1. The number of amides is 1. The summed E-state index contributed by atoms with van der Waals surface area (Å²) in [5.41, 5.74) is 0. The minimum absolute atomic E-state index is 0.230. The lowest BCUT2D eigenvalue weighted by molar-refractivity contribution is -0.157. The zero-order chi connectivity index (χ0) is 13.1. The molecule has 1 saturated heterocycles. The average molecular weight is 253 g/mol. The highest BCUT2D eigenvalue weighted by molar-refractivity contribution is 5.83. The number of nitrogens with zero attached hydrogens (tertiary/aromatic N) is 1. The molecule has 1 aliphatic rings. The van der Waals surface area contributed by atoms with E-state index in [1.165, 1.54) is 0 Å². The summed E-state index contributed by atoms with van der Waals surface area (Å²) in [7, 11) is 0. The van der Waals surface area contributed by atoms with Crippen LogP contribution in [-0.2, 0) is 9.59 Å². The zero-order valence-corrected chi connectivity index (χ0v) is 9.16. The Kier molecular flexibility index (Phi) is 4.36. The predicted molar refractivity (Wildman–Crippen MR) is 52.3 cm³/mol. The number of hydrogen-bond donors (Lipinski definition) is 1. The van der Waals surface area contributed by atoms with Crippen LogP contribution in [-0.4, -0.2) is 40.6 Å². The molecule has 0 bridgehead atoms. The number of aliphatic carboxylic acids is 1. The van der Waals surface area contributed by atoms with Crippen LogP contribution in [0.5, 0.6) is 0 Å². The van der Waals surface area contributed by atoms with Crippen LogP contribution >= 0.6 is 0 Å². The Morgan fingerprint density at radius 3 is 2.47 bits per heavy atom. The molecule has 1 atom stereocenters. The molecule has 17 heavy (non-hydrogen) atoms. The molecule has 0 aromatic rings. The summed E-state index contributed by atoms with van der Waals surface area (Å²) in [5, 5.41) is 8.87. The SMILES string of the molecule is O=C(O)C1CCCCN1C(=O)CCC(F)(F)F. The van der Waals surface area contributed by atoms with Crippen molar-refractivity contribution in [3.8, 4) is 0 Å². The van der Waals surface area contributed by atoms with E-state index in [9.17, 15) is 22.8 Å². The van der Waals surface area contributed by atoms with Crippen LogP contribution in [0.1, 0.15) is 32.1 Å². The van der Waals surface area contributed by atoms with Crippen LogP contribution < -0.4 is 0 Å². The fourth-order valence-corrected chi connectivity index (χ4v) is 1.88. The second-order valence-electron chi connectivity index (χ2n) is 4.05. The normalized spacial score (nSPS) is 21.4. The van der Waals surface area contributed by atoms with Crippen LogP contribution in [0.2, 0.25) is 0 Å². The highest BCUT2D eigenvalue weighted by atomic mass is 19.4. The molecule has 98 valence electrons. The van der Waals surface area contributed by atoms with Crippen molar-refractivity contribution in [1.29, 1.82) is 0 Å². The monoisotopic (exact) mass is 253 g/mol. The molecule has 1 aliphatic heterocycles. The van der Waals surface area contributed by atoms with Gasteiger partial charge >= 0.3 is 12.1 Å². The fourth-order valence-electron chi connectivity index (χ4n) is 1.88. The summed E-state index contributed by atoms with van der Waals surface area (Å²) >= 11 is 0. The van der Waals surface area contributed by atoms with Crippen LogP contribution in [0.25, 0.3) is 0 Å². The van der Waals surface area contributed by atoms with Gasteiger partial charge in [0.1, 0.15) is 6.04 Å². The molecule has 7 heteroatoms. The van der Waals surface area contributed by atoms with Gasteiger partial charge < -0.3 is 10.0 Å². The van der Waals surface area contributed by atoms with Gasteiger partial charge in [-0.25, -0.2) is 4.79 Å². The molecular formula is C10H14F3NO3. The van der Waals surface area contributed by atoms with E-state index in [2.05, 4.69) is 0 Å². The Hall–Kier alpha value is -1.27. The lowest BCUT2D eigenvalue weighted by Gasteiger charge is -2.33. The van der Waals surface area contributed by atoms with Crippen molar-refractivity contribution in [1.82, 2.24) is 4.90 Å². The Morgan fingerprint density at radius 1 is 1.29 bits per heavy atom. The first-order chi connectivity index (χ1) is 7.81. The Bertz CT molecular complexity index is 304. The number of carbonyl (C=O) groups excluding carboxylic acids is 1. The molecule has 4 nitrogen and oxygen atoms in total. The van der Waals surface area contributed by atoms with Gasteiger partial charge in [-0.2, -0.15) is 13.2 Å². The van der Waals surface area contributed by atoms with Gasteiger partial charge in [0.2, 0.25) is 5.91 Å². The largest absolute Gasteiger partial charge is 0.480 e. The minimum Gasteiger partial charge on any atom is -0.480 e. The number of piperidine rings is 1. The van der Waals surface area contributed by atoms with Gasteiger partial charge in [-0.15, -0.1) is 0 Å². The van der Waals surface area contributed by atoms with E-state index in [1.807, 2.05) is 0 Å². The Labute approximate surface area is 96.4 Å². The number of carbonyl (C=O) groups is 2.